The molecule has 144 valence electrons. The summed E-state index contributed by atoms with van der Waals surface area (Å²) < 4.78 is 7.67. The number of hydrogen-bond acceptors (Lipinski definition) is 3. The van der Waals surface area contributed by atoms with Crippen molar-refractivity contribution in [3.8, 4) is 5.82 Å². The van der Waals surface area contributed by atoms with Gasteiger partial charge in [-0.25, -0.2) is 9.78 Å². The van der Waals surface area contributed by atoms with Crippen LogP contribution in [0.2, 0.25) is 0 Å². The third kappa shape index (κ3) is 3.65. The lowest BCUT2D eigenvalue weighted by atomic mass is 10.1. The van der Waals surface area contributed by atoms with Gasteiger partial charge in [-0.3, -0.25) is 0 Å². The van der Waals surface area contributed by atoms with Gasteiger partial charge in [0.15, 0.2) is 0 Å². The Bertz CT molecular complexity index is 928. The molecule has 1 saturated heterocycles. The average Bonchev–Trinajstić information content (AvgIpc) is 3.34. The van der Waals surface area contributed by atoms with Crippen molar-refractivity contribution in [3.05, 3.63) is 83.3 Å². The lowest BCUT2D eigenvalue weighted by molar-refractivity contribution is 0.0920. The van der Waals surface area contributed by atoms with Crippen molar-refractivity contribution in [2.75, 3.05) is 6.54 Å². The molecule has 0 spiro atoms. The quantitative estimate of drug-likeness (QED) is 0.647. The lowest BCUT2D eigenvalue weighted by Crippen LogP contribution is -2.31. The topological polar surface area (TPSA) is 47.4 Å². The second-order valence-corrected chi connectivity index (χ2v) is 7.29. The Labute approximate surface area is 165 Å². The highest BCUT2D eigenvalue weighted by atomic mass is 16.6. The normalized spacial score (nSPS) is 16.4. The van der Waals surface area contributed by atoms with Crippen LogP contribution in [-0.4, -0.2) is 27.1 Å². The highest BCUT2D eigenvalue weighted by Crippen LogP contribution is 2.32. The fraction of sp³-hybridized carbons (Fsp3) is 0.304. The van der Waals surface area contributed by atoms with Gasteiger partial charge in [0.2, 0.25) is 0 Å². The SMILES string of the molecule is Cc1ccc(C)n1-c1ccc(C2CCCN2C(=O)OCc2ccccc2)cn1. The number of nitrogens with zero attached hydrogens (tertiary/aromatic N) is 3. The van der Waals surface area contributed by atoms with Crippen molar-refractivity contribution in [3.63, 3.8) is 0 Å². The van der Waals surface area contributed by atoms with Crippen molar-refractivity contribution in [2.24, 2.45) is 0 Å². The number of carbonyl (C=O) groups is 1. The number of amides is 1. The van der Waals surface area contributed by atoms with E-state index in [1.807, 2.05) is 47.5 Å². The van der Waals surface area contributed by atoms with Crippen LogP contribution >= 0.6 is 0 Å². The molecule has 1 fully saturated rings. The summed E-state index contributed by atoms with van der Waals surface area (Å²) in [6.45, 7) is 5.16. The summed E-state index contributed by atoms with van der Waals surface area (Å²) in [7, 11) is 0. The number of rotatable bonds is 4. The Hall–Kier alpha value is -3.08. The monoisotopic (exact) mass is 375 g/mol. The standard InChI is InChI=1S/C23H25N3O2/c1-17-10-11-18(2)26(17)22-13-12-20(15-24-22)21-9-6-14-25(21)23(27)28-16-19-7-4-3-5-8-19/h3-5,7-8,10-13,15,21H,6,9,14,16H2,1-2H3. The zero-order valence-electron chi connectivity index (χ0n) is 16.3. The van der Waals surface area contributed by atoms with Gasteiger partial charge in [0.05, 0.1) is 6.04 Å². The van der Waals surface area contributed by atoms with Gasteiger partial charge in [0, 0.05) is 24.1 Å². The van der Waals surface area contributed by atoms with Gasteiger partial charge in [0.25, 0.3) is 0 Å². The highest BCUT2D eigenvalue weighted by Gasteiger charge is 2.31. The molecular formula is C23H25N3O2. The molecule has 0 bridgehead atoms. The summed E-state index contributed by atoms with van der Waals surface area (Å²) in [4.78, 5) is 19.1. The van der Waals surface area contributed by atoms with Crippen LogP contribution in [-0.2, 0) is 11.3 Å². The summed E-state index contributed by atoms with van der Waals surface area (Å²) in [5.74, 6) is 0.903. The smallest absolute Gasteiger partial charge is 0.410 e. The van der Waals surface area contributed by atoms with E-state index in [-0.39, 0.29) is 12.1 Å². The van der Waals surface area contributed by atoms with E-state index in [2.05, 4.69) is 41.6 Å². The summed E-state index contributed by atoms with van der Waals surface area (Å²) in [6.07, 6.45) is 3.54. The minimum Gasteiger partial charge on any atom is -0.445 e. The molecule has 28 heavy (non-hydrogen) atoms. The number of likely N-dealkylation sites (tertiary alicyclic amines) is 1. The third-order valence-corrected chi connectivity index (χ3v) is 5.35. The van der Waals surface area contributed by atoms with Gasteiger partial charge < -0.3 is 14.2 Å². The number of ether oxygens (including phenoxy) is 1. The van der Waals surface area contributed by atoms with Gasteiger partial charge >= 0.3 is 6.09 Å². The first-order valence-electron chi connectivity index (χ1n) is 9.72. The van der Waals surface area contributed by atoms with Crippen molar-refractivity contribution < 1.29 is 9.53 Å². The van der Waals surface area contributed by atoms with Crippen LogP contribution in [0, 0.1) is 13.8 Å². The molecule has 0 radical (unpaired) electrons. The molecule has 3 heterocycles. The second kappa shape index (κ2) is 7.89. The van der Waals surface area contributed by atoms with E-state index in [4.69, 9.17) is 4.74 Å². The average molecular weight is 375 g/mol. The Kier molecular flexibility index (Phi) is 5.15. The van der Waals surface area contributed by atoms with Crippen LogP contribution in [0.4, 0.5) is 4.79 Å². The van der Waals surface area contributed by atoms with E-state index < -0.39 is 0 Å². The number of pyridine rings is 1. The molecule has 2 aromatic heterocycles. The summed E-state index contributed by atoms with van der Waals surface area (Å²) in [5, 5.41) is 0. The van der Waals surface area contributed by atoms with Crippen LogP contribution in [0.1, 0.15) is 41.4 Å². The number of benzene rings is 1. The fourth-order valence-corrected chi connectivity index (χ4v) is 3.89. The number of carbonyl (C=O) groups excluding carboxylic acids is 1. The number of hydrogen-bond donors (Lipinski definition) is 0. The first-order valence-corrected chi connectivity index (χ1v) is 9.72. The zero-order chi connectivity index (χ0) is 19.5. The van der Waals surface area contributed by atoms with Crippen LogP contribution < -0.4 is 0 Å². The molecule has 1 atom stereocenters. The third-order valence-electron chi connectivity index (χ3n) is 5.35. The van der Waals surface area contributed by atoms with E-state index in [1.165, 1.54) is 0 Å². The zero-order valence-corrected chi connectivity index (χ0v) is 16.3. The molecule has 0 N–H and O–H groups in total. The molecule has 4 rings (SSSR count). The van der Waals surface area contributed by atoms with Crippen LogP contribution in [0.25, 0.3) is 5.82 Å². The van der Waals surface area contributed by atoms with Gasteiger partial charge in [-0.1, -0.05) is 36.4 Å². The first-order chi connectivity index (χ1) is 13.6. The maximum Gasteiger partial charge on any atom is 0.410 e. The summed E-state index contributed by atoms with van der Waals surface area (Å²) >= 11 is 0. The molecule has 3 aromatic rings. The van der Waals surface area contributed by atoms with E-state index in [9.17, 15) is 4.79 Å². The predicted molar refractivity (Wildman–Crippen MR) is 108 cm³/mol. The molecule has 1 aliphatic heterocycles. The minimum atomic E-state index is -0.257. The predicted octanol–water partition coefficient (Wildman–Crippen LogP) is 4.96. The number of aromatic nitrogens is 2. The van der Waals surface area contributed by atoms with Crippen molar-refractivity contribution >= 4 is 6.09 Å². The maximum atomic E-state index is 12.6. The van der Waals surface area contributed by atoms with Crippen molar-refractivity contribution in [2.45, 2.75) is 39.3 Å². The molecule has 0 aliphatic carbocycles. The molecule has 1 amide bonds. The largest absolute Gasteiger partial charge is 0.445 e. The van der Waals surface area contributed by atoms with Crippen LogP contribution in [0.15, 0.2) is 60.8 Å². The van der Waals surface area contributed by atoms with Gasteiger partial charge in [-0.2, -0.15) is 0 Å². The Morgan fingerprint density at radius 1 is 1.07 bits per heavy atom. The highest BCUT2D eigenvalue weighted by molar-refractivity contribution is 5.68. The van der Waals surface area contributed by atoms with Gasteiger partial charge in [-0.15, -0.1) is 0 Å². The Balaban J connectivity index is 1.46. The second-order valence-electron chi connectivity index (χ2n) is 7.29. The molecular weight excluding hydrogens is 350 g/mol. The van der Waals surface area contributed by atoms with Gasteiger partial charge in [0.1, 0.15) is 12.4 Å². The van der Waals surface area contributed by atoms with Crippen molar-refractivity contribution in [1.82, 2.24) is 14.5 Å². The first kappa shape index (κ1) is 18.3. The molecule has 1 aliphatic rings. The molecule has 5 heteroatoms. The van der Waals surface area contributed by atoms with E-state index in [1.54, 1.807) is 0 Å². The number of aryl methyl sites for hydroxylation is 2. The molecule has 1 unspecified atom stereocenters. The Morgan fingerprint density at radius 3 is 2.50 bits per heavy atom. The van der Waals surface area contributed by atoms with E-state index in [0.717, 1.165) is 47.7 Å². The van der Waals surface area contributed by atoms with Crippen LogP contribution in [0.3, 0.4) is 0 Å². The summed E-state index contributed by atoms with van der Waals surface area (Å²) in [5.41, 5.74) is 4.37. The van der Waals surface area contributed by atoms with E-state index >= 15 is 0 Å². The Morgan fingerprint density at radius 2 is 1.82 bits per heavy atom. The lowest BCUT2D eigenvalue weighted by Gasteiger charge is -2.24. The van der Waals surface area contributed by atoms with E-state index in [0.29, 0.717) is 6.61 Å². The molecule has 5 nitrogen and oxygen atoms in total. The molecule has 1 aromatic carbocycles. The van der Waals surface area contributed by atoms with Crippen LogP contribution in [0.5, 0.6) is 0 Å². The fourth-order valence-electron chi connectivity index (χ4n) is 3.89. The van der Waals surface area contributed by atoms with Gasteiger partial charge in [-0.05, 0) is 56.0 Å². The minimum absolute atomic E-state index is 0.0247. The van der Waals surface area contributed by atoms with Crippen molar-refractivity contribution in [1.29, 1.82) is 0 Å². The summed E-state index contributed by atoms with van der Waals surface area (Å²) in [6, 6.07) is 18.1. The maximum absolute atomic E-state index is 12.6. The molecule has 0 saturated carbocycles.